The van der Waals surface area contributed by atoms with Crippen LogP contribution in [0, 0.1) is 0 Å². The molecule has 58 heavy (non-hydrogen) atoms. The first kappa shape index (κ1) is 31.7. The lowest BCUT2D eigenvalue weighted by Crippen LogP contribution is -2.14. The maximum absolute atomic E-state index is 6.68. The van der Waals surface area contributed by atoms with Crippen LogP contribution in [0.1, 0.15) is 25.0 Å². The minimum Gasteiger partial charge on any atom is -0.452 e. The number of furan rings is 1. The molecule has 0 unspecified atom stereocenters. The van der Waals surface area contributed by atoms with Crippen LogP contribution in [0.25, 0.3) is 110 Å². The highest BCUT2D eigenvalue weighted by Crippen LogP contribution is 2.50. The third-order valence-corrected chi connectivity index (χ3v) is 12.9. The third kappa shape index (κ3) is 4.16. The quantitative estimate of drug-likeness (QED) is 0.181. The number of fused-ring (bicyclic) bond motifs is 13. The molecule has 0 saturated carbocycles. The van der Waals surface area contributed by atoms with Crippen LogP contribution in [-0.2, 0) is 5.41 Å². The summed E-state index contributed by atoms with van der Waals surface area (Å²) in [5.74, 6) is 0. The fourth-order valence-corrected chi connectivity index (χ4v) is 10.2. The van der Waals surface area contributed by atoms with Gasteiger partial charge in [0.1, 0.15) is 16.8 Å². The SMILES string of the molecule is CC1(C)c2ccccc2-c2cc(-n3c4ccccc4c4cc(-c5ccc6c(c5)c5ccccc5n6-c5c6ccccc6nc6c5oc5ccccc56)ccc43)ccc21. The third-order valence-electron chi connectivity index (χ3n) is 12.9. The lowest BCUT2D eigenvalue weighted by Gasteiger charge is -2.21. The summed E-state index contributed by atoms with van der Waals surface area (Å²) in [7, 11) is 0. The summed E-state index contributed by atoms with van der Waals surface area (Å²) in [4.78, 5) is 5.14. The molecule has 4 nitrogen and oxygen atoms in total. The van der Waals surface area contributed by atoms with Crippen molar-refractivity contribution in [2.45, 2.75) is 19.3 Å². The average Bonchev–Trinajstić information content (AvgIpc) is 3.97. The van der Waals surface area contributed by atoms with Gasteiger partial charge in [0.15, 0.2) is 5.58 Å². The van der Waals surface area contributed by atoms with Gasteiger partial charge in [0.2, 0.25) is 0 Å². The normalized spacial score (nSPS) is 13.5. The van der Waals surface area contributed by atoms with E-state index in [1.54, 1.807) is 0 Å². The molecule has 0 saturated heterocycles. The minimum absolute atomic E-state index is 0.0284. The highest BCUT2D eigenvalue weighted by Gasteiger charge is 2.35. The van der Waals surface area contributed by atoms with E-state index < -0.39 is 0 Å². The highest BCUT2D eigenvalue weighted by atomic mass is 16.3. The van der Waals surface area contributed by atoms with Crippen molar-refractivity contribution in [3.8, 4) is 33.6 Å². The Balaban J connectivity index is 1.01. The lowest BCUT2D eigenvalue weighted by atomic mass is 9.82. The molecule has 0 spiro atoms. The van der Waals surface area contributed by atoms with Gasteiger partial charge in [-0.1, -0.05) is 123 Å². The number of nitrogens with zero attached hydrogens (tertiary/aromatic N) is 3. The first-order valence-corrected chi connectivity index (χ1v) is 20.0. The summed E-state index contributed by atoms with van der Waals surface area (Å²) in [5.41, 5.74) is 18.1. The van der Waals surface area contributed by atoms with E-state index >= 15 is 0 Å². The summed E-state index contributed by atoms with van der Waals surface area (Å²) < 4.78 is 11.5. The van der Waals surface area contributed by atoms with Crippen LogP contribution in [0.2, 0.25) is 0 Å². The van der Waals surface area contributed by atoms with Crippen molar-refractivity contribution < 1.29 is 4.42 Å². The smallest absolute Gasteiger partial charge is 0.178 e. The molecule has 4 heteroatoms. The molecule has 12 aromatic rings. The Morgan fingerprint density at radius 2 is 1.02 bits per heavy atom. The van der Waals surface area contributed by atoms with Gasteiger partial charge < -0.3 is 13.6 Å². The second kappa shape index (κ2) is 11.3. The predicted octanol–water partition coefficient (Wildman–Crippen LogP) is 14.3. The van der Waals surface area contributed by atoms with Gasteiger partial charge in [0, 0.05) is 43.4 Å². The van der Waals surface area contributed by atoms with Crippen LogP contribution in [0.3, 0.4) is 0 Å². The molecule has 1 aliphatic rings. The van der Waals surface area contributed by atoms with Crippen LogP contribution in [0.15, 0.2) is 180 Å². The van der Waals surface area contributed by atoms with Crippen molar-refractivity contribution in [2.24, 2.45) is 0 Å². The van der Waals surface area contributed by atoms with E-state index in [9.17, 15) is 0 Å². The number of hydrogen-bond acceptors (Lipinski definition) is 2. The summed E-state index contributed by atoms with van der Waals surface area (Å²) in [6, 6.07) is 64.0. The molecule has 0 atom stereocenters. The molecular formula is C54H35N3O. The van der Waals surface area contributed by atoms with Gasteiger partial charge in [-0.05, 0) is 100 Å². The average molecular weight is 742 g/mol. The van der Waals surface area contributed by atoms with Gasteiger partial charge in [0.25, 0.3) is 0 Å². The van der Waals surface area contributed by atoms with E-state index in [0.717, 1.165) is 49.7 Å². The van der Waals surface area contributed by atoms with Gasteiger partial charge >= 0.3 is 0 Å². The van der Waals surface area contributed by atoms with E-state index in [1.165, 1.54) is 71.6 Å². The number of para-hydroxylation sites is 4. The second-order valence-corrected chi connectivity index (χ2v) is 16.3. The summed E-state index contributed by atoms with van der Waals surface area (Å²) in [6.07, 6.45) is 0. The number of pyridine rings is 1. The number of rotatable bonds is 3. The van der Waals surface area contributed by atoms with Crippen LogP contribution in [-0.4, -0.2) is 14.1 Å². The molecule has 0 amide bonds. The molecule has 8 aromatic carbocycles. The maximum Gasteiger partial charge on any atom is 0.178 e. The summed E-state index contributed by atoms with van der Waals surface area (Å²) >= 11 is 0. The minimum atomic E-state index is -0.0284. The Labute approximate surface area is 333 Å². The van der Waals surface area contributed by atoms with Crippen molar-refractivity contribution >= 4 is 76.6 Å². The lowest BCUT2D eigenvalue weighted by molar-refractivity contribution is 0.660. The van der Waals surface area contributed by atoms with E-state index in [-0.39, 0.29) is 5.41 Å². The molecule has 13 rings (SSSR count). The van der Waals surface area contributed by atoms with Crippen LogP contribution in [0.4, 0.5) is 0 Å². The van der Waals surface area contributed by atoms with Crippen molar-refractivity contribution in [3.05, 3.63) is 187 Å². The maximum atomic E-state index is 6.68. The number of aromatic nitrogens is 3. The molecule has 0 bridgehead atoms. The Morgan fingerprint density at radius 1 is 0.448 bits per heavy atom. The predicted molar refractivity (Wildman–Crippen MR) is 241 cm³/mol. The van der Waals surface area contributed by atoms with Crippen LogP contribution >= 0.6 is 0 Å². The van der Waals surface area contributed by atoms with Crippen LogP contribution in [0.5, 0.6) is 0 Å². The molecule has 0 radical (unpaired) electrons. The summed E-state index contributed by atoms with van der Waals surface area (Å²) in [6.45, 7) is 4.68. The van der Waals surface area contributed by atoms with E-state index in [0.29, 0.717) is 0 Å². The van der Waals surface area contributed by atoms with Gasteiger partial charge in [-0.15, -0.1) is 0 Å². The zero-order valence-electron chi connectivity index (χ0n) is 32.0. The van der Waals surface area contributed by atoms with Gasteiger partial charge in [0.05, 0.1) is 27.6 Å². The fourth-order valence-electron chi connectivity index (χ4n) is 10.2. The van der Waals surface area contributed by atoms with E-state index in [1.807, 2.05) is 12.1 Å². The highest BCUT2D eigenvalue weighted by molar-refractivity contribution is 6.17. The Morgan fingerprint density at radius 3 is 1.78 bits per heavy atom. The Hall–Kier alpha value is -7.43. The summed E-state index contributed by atoms with van der Waals surface area (Å²) in [5, 5.41) is 6.96. The number of benzene rings is 8. The molecule has 4 heterocycles. The zero-order chi connectivity index (χ0) is 38.3. The van der Waals surface area contributed by atoms with E-state index in [2.05, 4.69) is 187 Å². The first-order chi connectivity index (χ1) is 28.5. The second-order valence-electron chi connectivity index (χ2n) is 16.3. The monoisotopic (exact) mass is 741 g/mol. The van der Waals surface area contributed by atoms with E-state index in [4.69, 9.17) is 9.40 Å². The standard InChI is InChI=1S/C54H35N3O/c1-54(2)43-18-8-3-13-35(43)40-31-34(25-26-44(40)54)56-46-20-10-5-14-36(46)41-29-32(23-27-48(41)56)33-24-28-49-42(30-33)37-15-6-11-21-47(37)57(49)52-38-16-4-9-19-45(38)55-51-39-17-7-12-22-50(39)58-53(51)52/h3-31H,1-2H3. The molecule has 4 aromatic heterocycles. The van der Waals surface area contributed by atoms with Gasteiger partial charge in [-0.3, -0.25) is 0 Å². The molecule has 0 N–H and O–H groups in total. The van der Waals surface area contributed by atoms with Crippen molar-refractivity contribution in [1.82, 2.24) is 14.1 Å². The molecule has 0 aliphatic heterocycles. The zero-order valence-corrected chi connectivity index (χ0v) is 32.0. The van der Waals surface area contributed by atoms with Crippen molar-refractivity contribution in [2.75, 3.05) is 0 Å². The molecule has 1 aliphatic carbocycles. The Bertz CT molecular complexity index is 3720. The molecule has 272 valence electrons. The first-order valence-electron chi connectivity index (χ1n) is 20.0. The Kier molecular flexibility index (Phi) is 6.20. The van der Waals surface area contributed by atoms with Crippen LogP contribution < -0.4 is 0 Å². The van der Waals surface area contributed by atoms with Crippen molar-refractivity contribution in [3.63, 3.8) is 0 Å². The largest absolute Gasteiger partial charge is 0.452 e. The van der Waals surface area contributed by atoms with Gasteiger partial charge in [-0.2, -0.15) is 0 Å². The molecular weight excluding hydrogens is 707 g/mol. The van der Waals surface area contributed by atoms with Crippen molar-refractivity contribution in [1.29, 1.82) is 0 Å². The fraction of sp³-hybridized carbons (Fsp3) is 0.0556. The topological polar surface area (TPSA) is 35.9 Å². The molecule has 0 fully saturated rings. The van der Waals surface area contributed by atoms with Gasteiger partial charge in [-0.25, -0.2) is 4.98 Å². The number of hydrogen-bond donors (Lipinski definition) is 0.